The summed E-state index contributed by atoms with van der Waals surface area (Å²) in [6.07, 6.45) is 14.6. The van der Waals surface area contributed by atoms with Crippen LogP contribution in [-0.2, 0) is 0 Å². The van der Waals surface area contributed by atoms with Crippen molar-refractivity contribution >= 4 is 0 Å². The molecule has 4 aliphatic rings. The Labute approximate surface area is 183 Å². The van der Waals surface area contributed by atoms with Crippen molar-refractivity contribution in [1.82, 2.24) is 0 Å². The molecule has 3 N–H and O–H groups in total. The number of rotatable bonds is 5. The van der Waals surface area contributed by atoms with E-state index in [2.05, 4.69) is 46.8 Å². The molecule has 3 heteroatoms. The third kappa shape index (κ3) is 3.53. The summed E-state index contributed by atoms with van der Waals surface area (Å²) in [5, 5.41) is 30.8. The SMILES string of the molecule is CC(C)CCC[C@@H](C)[C@H]1CC[C@H]2[C@@H]3C=CC4=CC(O)(O)C(O)C[C@]4(C)[C@H]3CC[C@]12C. The molecule has 4 aliphatic carbocycles. The standard InChI is InChI=1S/C27H44O3/c1-17(2)7-6-8-18(3)21-11-12-22-20-10-9-19-15-27(29,30)24(28)16-26(19,5)23(20)13-14-25(21,22)4/h9-10,15,17-18,20-24,28-30H,6-8,11-14,16H2,1-5H3/t18-,20+,21-,22+,23+,24?,25-,26+/m1/s1. The number of hydrogen-bond donors (Lipinski definition) is 3. The maximum atomic E-state index is 10.4. The Morgan fingerprint density at radius 3 is 2.47 bits per heavy atom. The van der Waals surface area contributed by atoms with Crippen LogP contribution in [-0.4, -0.2) is 27.2 Å². The molecule has 4 rings (SSSR count). The molecule has 2 saturated carbocycles. The minimum absolute atomic E-state index is 0.157. The zero-order valence-electron chi connectivity index (χ0n) is 19.8. The number of fused-ring (bicyclic) bond motifs is 5. The Morgan fingerprint density at radius 2 is 1.77 bits per heavy atom. The number of aliphatic hydroxyl groups excluding tert-OH is 1. The number of allylic oxidation sites excluding steroid dienone is 3. The third-order valence-corrected chi connectivity index (χ3v) is 9.99. The topological polar surface area (TPSA) is 60.7 Å². The van der Waals surface area contributed by atoms with Crippen molar-refractivity contribution in [2.75, 3.05) is 0 Å². The summed E-state index contributed by atoms with van der Waals surface area (Å²) < 4.78 is 0. The molecule has 2 fully saturated rings. The van der Waals surface area contributed by atoms with E-state index in [0.29, 0.717) is 23.7 Å². The van der Waals surface area contributed by atoms with Crippen molar-refractivity contribution in [3.05, 3.63) is 23.8 Å². The fraction of sp³-hybridized carbons (Fsp3) is 0.852. The summed E-state index contributed by atoms with van der Waals surface area (Å²) in [5.74, 6) is 2.10. The molecule has 8 atom stereocenters. The van der Waals surface area contributed by atoms with Crippen LogP contribution >= 0.6 is 0 Å². The van der Waals surface area contributed by atoms with Crippen LogP contribution in [0.2, 0.25) is 0 Å². The number of aliphatic hydroxyl groups is 3. The van der Waals surface area contributed by atoms with Crippen molar-refractivity contribution in [3.63, 3.8) is 0 Å². The minimum Gasteiger partial charge on any atom is -0.387 e. The van der Waals surface area contributed by atoms with E-state index < -0.39 is 11.9 Å². The first-order valence-corrected chi connectivity index (χ1v) is 12.5. The van der Waals surface area contributed by atoms with Gasteiger partial charge in [0.25, 0.3) is 0 Å². The van der Waals surface area contributed by atoms with E-state index in [9.17, 15) is 15.3 Å². The van der Waals surface area contributed by atoms with Gasteiger partial charge in [-0.05, 0) is 90.1 Å². The first-order valence-electron chi connectivity index (χ1n) is 12.5. The second kappa shape index (κ2) is 7.74. The van der Waals surface area contributed by atoms with Crippen LogP contribution in [0.4, 0.5) is 0 Å². The highest BCUT2D eigenvalue weighted by Crippen LogP contribution is 2.66. The zero-order chi connectivity index (χ0) is 21.9. The summed E-state index contributed by atoms with van der Waals surface area (Å²) in [7, 11) is 0. The van der Waals surface area contributed by atoms with Gasteiger partial charge in [-0.1, -0.05) is 66.0 Å². The van der Waals surface area contributed by atoms with Crippen molar-refractivity contribution < 1.29 is 15.3 Å². The molecule has 0 amide bonds. The van der Waals surface area contributed by atoms with Gasteiger partial charge in [0.1, 0.15) is 6.10 Å². The lowest BCUT2D eigenvalue weighted by molar-refractivity contribution is -0.208. The lowest BCUT2D eigenvalue weighted by Crippen LogP contribution is -2.54. The second-order valence-electron chi connectivity index (χ2n) is 12.2. The average molecular weight is 417 g/mol. The van der Waals surface area contributed by atoms with Crippen LogP contribution in [0.15, 0.2) is 23.8 Å². The molecule has 0 radical (unpaired) electrons. The van der Waals surface area contributed by atoms with Gasteiger partial charge in [-0.15, -0.1) is 0 Å². The zero-order valence-corrected chi connectivity index (χ0v) is 19.8. The molecule has 0 aromatic heterocycles. The predicted octanol–water partition coefficient (Wildman–Crippen LogP) is 5.46. The maximum Gasteiger partial charge on any atom is 0.210 e. The summed E-state index contributed by atoms with van der Waals surface area (Å²) in [5.41, 5.74) is 1.28. The molecule has 1 unspecified atom stereocenters. The van der Waals surface area contributed by atoms with Crippen LogP contribution in [0.1, 0.15) is 86.0 Å². The number of hydrogen-bond acceptors (Lipinski definition) is 3. The van der Waals surface area contributed by atoms with E-state index in [1.807, 2.05) is 0 Å². The fourth-order valence-corrected chi connectivity index (χ4v) is 8.21. The highest BCUT2D eigenvalue weighted by Gasteiger charge is 2.60. The van der Waals surface area contributed by atoms with Gasteiger partial charge >= 0.3 is 0 Å². The van der Waals surface area contributed by atoms with Gasteiger partial charge in [-0.3, -0.25) is 0 Å². The second-order valence-corrected chi connectivity index (χ2v) is 12.2. The molecule has 0 spiro atoms. The summed E-state index contributed by atoms with van der Waals surface area (Å²) in [6.45, 7) is 12.0. The van der Waals surface area contributed by atoms with Gasteiger partial charge in [0.2, 0.25) is 5.79 Å². The first-order chi connectivity index (χ1) is 14.0. The molecule has 170 valence electrons. The third-order valence-electron chi connectivity index (χ3n) is 9.99. The molecule has 0 aromatic carbocycles. The first kappa shape index (κ1) is 22.6. The lowest BCUT2D eigenvalue weighted by Gasteiger charge is -2.57. The van der Waals surface area contributed by atoms with Crippen molar-refractivity contribution in [2.45, 2.75) is 97.9 Å². The minimum atomic E-state index is -2.10. The monoisotopic (exact) mass is 416 g/mol. The summed E-state index contributed by atoms with van der Waals surface area (Å²) >= 11 is 0. The Morgan fingerprint density at radius 1 is 1.03 bits per heavy atom. The van der Waals surface area contributed by atoms with E-state index in [-0.39, 0.29) is 5.41 Å². The van der Waals surface area contributed by atoms with Gasteiger partial charge in [-0.25, -0.2) is 0 Å². The highest BCUT2D eigenvalue weighted by atomic mass is 16.5. The molecule has 0 bridgehead atoms. The van der Waals surface area contributed by atoms with E-state index in [1.165, 1.54) is 51.0 Å². The van der Waals surface area contributed by atoms with E-state index in [1.54, 1.807) is 0 Å². The van der Waals surface area contributed by atoms with Crippen LogP contribution in [0.5, 0.6) is 0 Å². The molecule has 3 nitrogen and oxygen atoms in total. The molecular formula is C27H44O3. The van der Waals surface area contributed by atoms with E-state index in [0.717, 1.165) is 29.2 Å². The molecule has 0 heterocycles. The van der Waals surface area contributed by atoms with Gasteiger partial charge < -0.3 is 15.3 Å². The van der Waals surface area contributed by atoms with Crippen LogP contribution < -0.4 is 0 Å². The molecular weight excluding hydrogens is 372 g/mol. The van der Waals surface area contributed by atoms with Gasteiger partial charge in [0.05, 0.1) is 0 Å². The quantitative estimate of drug-likeness (QED) is 0.522. The van der Waals surface area contributed by atoms with Gasteiger partial charge in [0, 0.05) is 0 Å². The van der Waals surface area contributed by atoms with Crippen LogP contribution in [0.25, 0.3) is 0 Å². The Balaban J connectivity index is 1.55. The molecule has 0 saturated heterocycles. The molecule has 0 aromatic rings. The Kier molecular flexibility index (Phi) is 5.82. The summed E-state index contributed by atoms with van der Waals surface area (Å²) in [6, 6.07) is 0. The van der Waals surface area contributed by atoms with Crippen LogP contribution in [0.3, 0.4) is 0 Å². The fourth-order valence-electron chi connectivity index (χ4n) is 8.21. The van der Waals surface area contributed by atoms with Gasteiger partial charge in [-0.2, -0.15) is 0 Å². The predicted molar refractivity (Wildman–Crippen MR) is 122 cm³/mol. The smallest absolute Gasteiger partial charge is 0.210 e. The van der Waals surface area contributed by atoms with Crippen molar-refractivity contribution in [1.29, 1.82) is 0 Å². The Hall–Kier alpha value is -0.640. The lowest BCUT2D eigenvalue weighted by atomic mass is 9.47. The summed E-state index contributed by atoms with van der Waals surface area (Å²) in [4.78, 5) is 0. The normalized spacial score (nSPS) is 45.5. The highest BCUT2D eigenvalue weighted by molar-refractivity contribution is 5.38. The average Bonchev–Trinajstić information content (AvgIpc) is 3.00. The van der Waals surface area contributed by atoms with E-state index >= 15 is 0 Å². The van der Waals surface area contributed by atoms with Crippen molar-refractivity contribution in [3.8, 4) is 0 Å². The largest absolute Gasteiger partial charge is 0.387 e. The van der Waals surface area contributed by atoms with Crippen molar-refractivity contribution in [2.24, 2.45) is 46.3 Å². The Bertz CT molecular complexity index is 707. The van der Waals surface area contributed by atoms with E-state index in [4.69, 9.17) is 0 Å². The van der Waals surface area contributed by atoms with Crippen LogP contribution in [0, 0.1) is 46.3 Å². The maximum absolute atomic E-state index is 10.4. The molecule has 30 heavy (non-hydrogen) atoms. The van der Waals surface area contributed by atoms with Gasteiger partial charge in [0.15, 0.2) is 0 Å². The molecule has 0 aliphatic heterocycles.